The van der Waals surface area contributed by atoms with E-state index in [1.54, 1.807) is 5.51 Å². The number of hydrogen-bond acceptors (Lipinski definition) is 5. The molecule has 0 aliphatic rings. The summed E-state index contributed by atoms with van der Waals surface area (Å²) < 4.78 is 0.800. The van der Waals surface area contributed by atoms with Gasteiger partial charge in [0.2, 0.25) is 5.91 Å². The molecule has 0 saturated carbocycles. The minimum absolute atomic E-state index is 0.0184. The molecular formula is C12H12ClN3OS2. The zero-order chi connectivity index (χ0) is 13.7. The van der Waals surface area contributed by atoms with Crippen molar-refractivity contribution in [1.82, 2.24) is 15.5 Å². The van der Waals surface area contributed by atoms with Gasteiger partial charge in [0.05, 0.1) is 5.25 Å². The lowest BCUT2D eigenvalue weighted by atomic mass is 10.2. The molecular weight excluding hydrogens is 302 g/mol. The second-order valence-electron chi connectivity index (χ2n) is 3.81. The standard InChI is InChI=1S/C12H12ClN3OS2/c1-8(19-12-16-15-7-18-12)11(17)14-6-9-2-4-10(13)5-3-9/h2-5,7-8H,6H2,1H3,(H,14,17)/t8-/m1/s1. The molecule has 0 bridgehead atoms. The average molecular weight is 314 g/mol. The fraction of sp³-hybridized carbons (Fsp3) is 0.250. The summed E-state index contributed by atoms with van der Waals surface area (Å²) in [6.07, 6.45) is 0. The molecule has 4 nitrogen and oxygen atoms in total. The first kappa shape index (κ1) is 14.3. The molecule has 0 aliphatic carbocycles. The molecule has 0 fully saturated rings. The summed E-state index contributed by atoms with van der Waals surface area (Å²) in [5.74, 6) is -0.0184. The van der Waals surface area contributed by atoms with Crippen LogP contribution < -0.4 is 5.32 Å². The number of hydrogen-bond donors (Lipinski definition) is 1. The molecule has 0 radical (unpaired) electrons. The van der Waals surface area contributed by atoms with Gasteiger partial charge >= 0.3 is 0 Å². The number of rotatable bonds is 5. The monoisotopic (exact) mass is 313 g/mol. The van der Waals surface area contributed by atoms with E-state index in [4.69, 9.17) is 11.6 Å². The van der Waals surface area contributed by atoms with Gasteiger partial charge in [-0.25, -0.2) is 0 Å². The van der Waals surface area contributed by atoms with E-state index in [0.717, 1.165) is 9.90 Å². The van der Waals surface area contributed by atoms with Crippen molar-refractivity contribution in [2.45, 2.75) is 23.1 Å². The van der Waals surface area contributed by atoms with Crippen LogP contribution in [0.25, 0.3) is 0 Å². The maximum Gasteiger partial charge on any atom is 0.233 e. The number of benzene rings is 1. The number of carbonyl (C=O) groups excluding carboxylic acids is 1. The molecule has 0 spiro atoms. The highest BCUT2D eigenvalue weighted by Crippen LogP contribution is 2.24. The summed E-state index contributed by atoms with van der Waals surface area (Å²) in [5, 5.41) is 11.0. The molecule has 7 heteroatoms. The third-order valence-electron chi connectivity index (χ3n) is 2.37. The predicted molar refractivity (Wildman–Crippen MR) is 78.5 cm³/mol. The van der Waals surface area contributed by atoms with E-state index in [1.807, 2.05) is 31.2 Å². The molecule has 1 heterocycles. The molecule has 2 rings (SSSR count). The fourth-order valence-electron chi connectivity index (χ4n) is 1.35. The van der Waals surface area contributed by atoms with Crippen LogP contribution in [0.5, 0.6) is 0 Å². The van der Waals surface area contributed by atoms with Gasteiger partial charge in [-0.15, -0.1) is 10.2 Å². The van der Waals surface area contributed by atoms with Gasteiger partial charge in [-0.2, -0.15) is 0 Å². The zero-order valence-corrected chi connectivity index (χ0v) is 12.6. The Morgan fingerprint density at radius 3 is 2.84 bits per heavy atom. The second-order valence-corrected chi connectivity index (χ2v) is 6.67. The zero-order valence-electron chi connectivity index (χ0n) is 10.2. The van der Waals surface area contributed by atoms with Crippen molar-refractivity contribution in [2.24, 2.45) is 0 Å². The number of thioether (sulfide) groups is 1. The molecule has 100 valence electrons. The smallest absolute Gasteiger partial charge is 0.233 e. The minimum atomic E-state index is -0.194. The molecule has 1 N–H and O–H groups in total. The first-order valence-electron chi connectivity index (χ1n) is 5.60. The van der Waals surface area contributed by atoms with E-state index >= 15 is 0 Å². The van der Waals surface area contributed by atoms with Gasteiger partial charge in [0.25, 0.3) is 0 Å². The summed E-state index contributed by atoms with van der Waals surface area (Å²) in [6, 6.07) is 7.40. The van der Waals surface area contributed by atoms with Gasteiger partial charge in [0.15, 0.2) is 4.34 Å². The van der Waals surface area contributed by atoms with E-state index in [2.05, 4.69) is 15.5 Å². The van der Waals surface area contributed by atoms with Crippen molar-refractivity contribution in [2.75, 3.05) is 0 Å². The van der Waals surface area contributed by atoms with Crippen molar-refractivity contribution in [1.29, 1.82) is 0 Å². The van der Waals surface area contributed by atoms with Crippen molar-refractivity contribution in [3.05, 3.63) is 40.4 Å². The molecule has 1 amide bonds. The van der Waals surface area contributed by atoms with Crippen LogP contribution in [0, 0.1) is 0 Å². The number of nitrogens with zero attached hydrogens (tertiary/aromatic N) is 2. The second kappa shape index (κ2) is 6.88. The summed E-state index contributed by atoms with van der Waals surface area (Å²) in [6.45, 7) is 2.35. The fourth-order valence-corrected chi connectivity index (χ4v) is 3.13. The number of amides is 1. The maximum absolute atomic E-state index is 11.9. The lowest BCUT2D eigenvalue weighted by Crippen LogP contribution is -2.30. The van der Waals surface area contributed by atoms with Crippen LogP contribution in [0.1, 0.15) is 12.5 Å². The number of nitrogens with one attached hydrogen (secondary N) is 1. The SMILES string of the molecule is C[C@@H](Sc1nncs1)C(=O)NCc1ccc(Cl)cc1. The molecule has 1 atom stereocenters. The van der Waals surface area contributed by atoms with E-state index < -0.39 is 0 Å². The highest BCUT2D eigenvalue weighted by atomic mass is 35.5. The highest BCUT2D eigenvalue weighted by Gasteiger charge is 2.15. The number of carbonyl (C=O) groups is 1. The first-order chi connectivity index (χ1) is 9.15. The molecule has 1 aromatic carbocycles. The third-order valence-corrected chi connectivity index (χ3v) is 4.53. The normalized spacial score (nSPS) is 12.1. The number of aromatic nitrogens is 2. The molecule has 2 aromatic rings. The summed E-state index contributed by atoms with van der Waals surface area (Å²) in [4.78, 5) is 11.9. The van der Waals surface area contributed by atoms with Crippen molar-refractivity contribution in [3.63, 3.8) is 0 Å². The van der Waals surface area contributed by atoms with E-state index in [9.17, 15) is 4.79 Å². The Kier molecular flexibility index (Phi) is 5.18. The molecule has 0 unspecified atom stereocenters. The van der Waals surface area contributed by atoms with Crippen molar-refractivity contribution < 1.29 is 4.79 Å². The largest absolute Gasteiger partial charge is 0.351 e. The Morgan fingerprint density at radius 2 is 2.21 bits per heavy atom. The van der Waals surface area contributed by atoms with Gasteiger partial charge in [-0.05, 0) is 24.6 Å². The van der Waals surface area contributed by atoms with Crippen LogP contribution in [0.4, 0.5) is 0 Å². The lowest BCUT2D eigenvalue weighted by Gasteiger charge is -2.10. The Morgan fingerprint density at radius 1 is 1.47 bits per heavy atom. The van der Waals surface area contributed by atoms with Crippen molar-refractivity contribution >= 4 is 40.6 Å². The van der Waals surface area contributed by atoms with Gasteiger partial charge in [-0.3, -0.25) is 4.79 Å². The molecule has 19 heavy (non-hydrogen) atoms. The number of halogens is 1. The van der Waals surface area contributed by atoms with E-state index in [-0.39, 0.29) is 11.2 Å². The van der Waals surface area contributed by atoms with Gasteiger partial charge in [-0.1, -0.05) is 46.8 Å². The Balaban J connectivity index is 1.82. The molecule has 0 saturated heterocycles. The summed E-state index contributed by atoms with van der Waals surface area (Å²) in [5.41, 5.74) is 2.67. The lowest BCUT2D eigenvalue weighted by molar-refractivity contribution is -0.120. The van der Waals surface area contributed by atoms with Crippen LogP contribution in [-0.4, -0.2) is 21.4 Å². The van der Waals surface area contributed by atoms with Crippen LogP contribution in [0.2, 0.25) is 5.02 Å². The van der Waals surface area contributed by atoms with Gasteiger partial charge in [0, 0.05) is 11.6 Å². The third kappa shape index (κ3) is 4.49. The average Bonchev–Trinajstić information content (AvgIpc) is 2.90. The quantitative estimate of drug-likeness (QED) is 0.862. The van der Waals surface area contributed by atoms with Crippen LogP contribution in [0.3, 0.4) is 0 Å². The Hall–Kier alpha value is -1.11. The van der Waals surface area contributed by atoms with E-state index in [0.29, 0.717) is 11.6 Å². The van der Waals surface area contributed by atoms with Crippen LogP contribution in [0.15, 0.2) is 34.1 Å². The Bertz CT molecular complexity index is 530. The summed E-state index contributed by atoms with van der Waals surface area (Å²) >= 11 is 8.64. The highest BCUT2D eigenvalue weighted by molar-refractivity contribution is 8.02. The van der Waals surface area contributed by atoms with Crippen molar-refractivity contribution in [3.8, 4) is 0 Å². The predicted octanol–water partition coefficient (Wildman–Crippen LogP) is 2.99. The first-order valence-corrected chi connectivity index (χ1v) is 7.74. The van der Waals surface area contributed by atoms with Gasteiger partial charge < -0.3 is 5.32 Å². The van der Waals surface area contributed by atoms with Crippen LogP contribution >= 0.6 is 34.7 Å². The molecule has 1 aromatic heterocycles. The summed E-state index contributed by atoms with van der Waals surface area (Å²) in [7, 11) is 0. The Labute approximate surface area is 124 Å². The topological polar surface area (TPSA) is 54.9 Å². The van der Waals surface area contributed by atoms with Gasteiger partial charge in [0.1, 0.15) is 5.51 Å². The minimum Gasteiger partial charge on any atom is -0.351 e. The maximum atomic E-state index is 11.9. The van der Waals surface area contributed by atoms with Crippen LogP contribution in [-0.2, 0) is 11.3 Å². The van der Waals surface area contributed by atoms with E-state index in [1.165, 1.54) is 23.1 Å². The molecule has 0 aliphatic heterocycles.